The summed E-state index contributed by atoms with van der Waals surface area (Å²) < 4.78 is 0. The highest BCUT2D eigenvalue weighted by atomic mass is 16.2. The zero-order valence-electron chi connectivity index (χ0n) is 13.9. The van der Waals surface area contributed by atoms with Gasteiger partial charge in [0, 0.05) is 19.6 Å². The fourth-order valence-electron chi connectivity index (χ4n) is 4.93. The van der Waals surface area contributed by atoms with E-state index in [1.165, 1.54) is 44.9 Å². The number of nitrogens with one attached hydrogen (secondary N) is 1. The summed E-state index contributed by atoms with van der Waals surface area (Å²) >= 11 is 0. The highest BCUT2D eigenvalue weighted by molar-refractivity contribution is 5.83. The van der Waals surface area contributed by atoms with Gasteiger partial charge in [-0.25, -0.2) is 0 Å². The lowest BCUT2D eigenvalue weighted by molar-refractivity contribution is -0.146. The second-order valence-corrected chi connectivity index (χ2v) is 8.09. The number of piperidine rings is 1. The molecule has 3 rings (SSSR count). The van der Waals surface area contributed by atoms with E-state index < -0.39 is 0 Å². The molecule has 3 nitrogen and oxygen atoms in total. The van der Waals surface area contributed by atoms with Crippen molar-refractivity contribution >= 4 is 5.91 Å². The van der Waals surface area contributed by atoms with Crippen LogP contribution in [0.3, 0.4) is 0 Å². The molecule has 3 heteroatoms. The molecule has 0 aromatic rings. The average molecular weight is 292 g/mol. The number of rotatable bonds is 2. The van der Waals surface area contributed by atoms with Gasteiger partial charge in [0.05, 0.1) is 5.41 Å². The molecule has 0 radical (unpaired) electrons. The topological polar surface area (TPSA) is 32.3 Å². The van der Waals surface area contributed by atoms with Crippen LogP contribution in [-0.4, -0.2) is 37.0 Å². The molecule has 1 unspecified atom stereocenters. The molecule has 21 heavy (non-hydrogen) atoms. The number of amides is 1. The molecular weight excluding hydrogens is 260 g/mol. The molecule has 1 atom stereocenters. The van der Waals surface area contributed by atoms with Crippen molar-refractivity contribution in [2.75, 3.05) is 26.2 Å². The zero-order valence-corrected chi connectivity index (χ0v) is 13.9. The summed E-state index contributed by atoms with van der Waals surface area (Å²) in [7, 11) is 0. The van der Waals surface area contributed by atoms with Crippen LogP contribution < -0.4 is 5.32 Å². The molecule has 1 saturated carbocycles. The number of likely N-dealkylation sites (tertiary alicyclic amines) is 1. The second-order valence-electron chi connectivity index (χ2n) is 8.09. The molecule has 3 aliphatic rings. The van der Waals surface area contributed by atoms with Gasteiger partial charge in [0.25, 0.3) is 0 Å². The summed E-state index contributed by atoms with van der Waals surface area (Å²) in [5.74, 6) is 0.874. The SMILES string of the molecule is CC(C)C1(C(=O)N2CCC3(CCCCC3)CC2)CCNC1. The van der Waals surface area contributed by atoms with Crippen molar-refractivity contribution in [3.05, 3.63) is 0 Å². The minimum atomic E-state index is -0.128. The quantitative estimate of drug-likeness (QED) is 0.847. The van der Waals surface area contributed by atoms with Crippen LogP contribution >= 0.6 is 0 Å². The average Bonchev–Trinajstić information content (AvgIpc) is 2.99. The molecule has 2 heterocycles. The summed E-state index contributed by atoms with van der Waals surface area (Å²) in [5.41, 5.74) is 0.463. The van der Waals surface area contributed by atoms with E-state index in [0.29, 0.717) is 17.2 Å². The van der Waals surface area contributed by atoms with Gasteiger partial charge < -0.3 is 10.2 Å². The van der Waals surface area contributed by atoms with Crippen molar-refractivity contribution in [3.8, 4) is 0 Å². The van der Waals surface area contributed by atoms with Crippen LogP contribution in [0.4, 0.5) is 0 Å². The standard InChI is InChI=1S/C18H32N2O/c1-15(2)18(8-11-19-14-18)16(21)20-12-9-17(10-13-20)6-4-3-5-7-17/h15,19H,3-14H2,1-2H3. The van der Waals surface area contributed by atoms with Gasteiger partial charge in [-0.1, -0.05) is 33.1 Å². The van der Waals surface area contributed by atoms with E-state index in [1.807, 2.05) is 0 Å². The number of carbonyl (C=O) groups is 1. The van der Waals surface area contributed by atoms with Crippen LogP contribution in [0.15, 0.2) is 0 Å². The second kappa shape index (κ2) is 5.91. The molecule has 0 aromatic heterocycles. The number of nitrogens with zero attached hydrogens (tertiary/aromatic N) is 1. The van der Waals surface area contributed by atoms with E-state index >= 15 is 0 Å². The monoisotopic (exact) mass is 292 g/mol. The first kappa shape index (κ1) is 15.3. The van der Waals surface area contributed by atoms with E-state index in [9.17, 15) is 4.79 Å². The Hall–Kier alpha value is -0.570. The van der Waals surface area contributed by atoms with E-state index in [2.05, 4.69) is 24.1 Å². The third kappa shape index (κ3) is 2.74. The fraction of sp³-hybridized carbons (Fsp3) is 0.944. The Labute approximate surface area is 129 Å². The smallest absolute Gasteiger partial charge is 0.230 e. The van der Waals surface area contributed by atoms with Crippen LogP contribution in [0.25, 0.3) is 0 Å². The molecule has 2 saturated heterocycles. The first-order chi connectivity index (χ1) is 10.1. The van der Waals surface area contributed by atoms with Crippen molar-refractivity contribution in [1.82, 2.24) is 10.2 Å². The van der Waals surface area contributed by atoms with E-state index in [-0.39, 0.29) is 5.41 Å². The molecule has 1 amide bonds. The van der Waals surface area contributed by atoms with E-state index in [4.69, 9.17) is 0 Å². The van der Waals surface area contributed by atoms with Gasteiger partial charge in [-0.15, -0.1) is 0 Å². The van der Waals surface area contributed by atoms with E-state index in [1.54, 1.807) is 0 Å². The number of carbonyl (C=O) groups excluding carboxylic acids is 1. The molecule has 120 valence electrons. The Morgan fingerprint density at radius 1 is 1.00 bits per heavy atom. The maximum Gasteiger partial charge on any atom is 0.230 e. The minimum absolute atomic E-state index is 0.128. The van der Waals surface area contributed by atoms with Gasteiger partial charge in [-0.3, -0.25) is 4.79 Å². The third-order valence-electron chi connectivity index (χ3n) is 6.74. The van der Waals surface area contributed by atoms with Crippen molar-refractivity contribution in [2.24, 2.45) is 16.7 Å². The first-order valence-corrected chi connectivity index (χ1v) is 9.08. The molecule has 3 fully saturated rings. The van der Waals surface area contributed by atoms with Gasteiger partial charge in [0.1, 0.15) is 0 Å². The summed E-state index contributed by atoms with van der Waals surface area (Å²) in [5, 5.41) is 3.42. The van der Waals surface area contributed by atoms with Gasteiger partial charge in [0.15, 0.2) is 0 Å². The third-order valence-corrected chi connectivity index (χ3v) is 6.74. The van der Waals surface area contributed by atoms with Gasteiger partial charge in [-0.2, -0.15) is 0 Å². The van der Waals surface area contributed by atoms with Crippen LogP contribution in [-0.2, 0) is 4.79 Å². The molecule has 1 spiro atoms. The largest absolute Gasteiger partial charge is 0.342 e. The molecule has 1 aliphatic carbocycles. The maximum atomic E-state index is 13.1. The number of hydrogen-bond donors (Lipinski definition) is 1. The lowest BCUT2D eigenvalue weighted by Gasteiger charge is -2.46. The minimum Gasteiger partial charge on any atom is -0.342 e. The molecule has 2 aliphatic heterocycles. The molecule has 0 bridgehead atoms. The highest BCUT2D eigenvalue weighted by Crippen LogP contribution is 2.45. The van der Waals surface area contributed by atoms with Crippen LogP contribution in [0.1, 0.15) is 65.2 Å². The van der Waals surface area contributed by atoms with Gasteiger partial charge in [-0.05, 0) is 50.0 Å². The van der Waals surface area contributed by atoms with Crippen molar-refractivity contribution in [2.45, 2.75) is 65.2 Å². The van der Waals surface area contributed by atoms with Crippen molar-refractivity contribution < 1.29 is 4.79 Å². The molecule has 1 N–H and O–H groups in total. The van der Waals surface area contributed by atoms with Gasteiger partial charge >= 0.3 is 0 Å². The predicted octanol–water partition coefficient (Wildman–Crippen LogP) is 3.20. The summed E-state index contributed by atoms with van der Waals surface area (Å²) in [4.78, 5) is 15.3. The summed E-state index contributed by atoms with van der Waals surface area (Å²) in [6.07, 6.45) is 10.6. The van der Waals surface area contributed by atoms with Crippen LogP contribution in [0, 0.1) is 16.7 Å². The summed E-state index contributed by atoms with van der Waals surface area (Å²) in [6.45, 7) is 8.34. The predicted molar refractivity (Wildman–Crippen MR) is 86.1 cm³/mol. The van der Waals surface area contributed by atoms with Crippen molar-refractivity contribution in [3.63, 3.8) is 0 Å². The first-order valence-electron chi connectivity index (χ1n) is 9.08. The molecular formula is C18H32N2O. The Morgan fingerprint density at radius 3 is 2.19 bits per heavy atom. The van der Waals surface area contributed by atoms with Crippen LogP contribution in [0.5, 0.6) is 0 Å². The Kier molecular flexibility index (Phi) is 4.31. The van der Waals surface area contributed by atoms with Gasteiger partial charge in [0.2, 0.25) is 5.91 Å². The van der Waals surface area contributed by atoms with Crippen molar-refractivity contribution in [1.29, 1.82) is 0 Å². The Morgan fingerprint density at radius 2 is 1.67 bits per heavy atom. The normalized spacial score (nSPS) is 32.8. The number of hydrogen-bond acceptors (Lipinski definition) is 2. The summed E-state index contributed by atoms with van der Waals surface area (Å²) in [6, 6.07) is 0. The van der Waals surface area contributed by atoms with Crippen LogP contribution in [0.2, 0.25) is 0 Å². The zero-order chi connectivity index (χ0) is 14.9. The maximum absolute atomic E-state index is 13.1. The lowest BCUT2D eigenvalue weighted by Crippen LogP contribution is -2.52. The van der Waals surface area contributed by atoms with E-state index in [0.717, 1.165) is 32.6 Å². The molecule has 0 aromatic carbocycles. The fourth-order valence-corrected chi connectivity index (χ4v) is 4.93. The Balaban J connectivity index is 1.64. The lowest BCUT2D eigenvalue weighted by atomic mass is 9.67. The Bertz CT molecular complexity index is 369. The highest BCUT2D eigenvalue weighted by Gasteiger charge is 2.47.